The number of hydrogen-bond acceptors (Lipinski definition) is 4. The topological polar surface area (TPSA) is 57.2 Å². The molecule has 0 radical (unpaired) electrons. The van der Waals surface area contributed by atoms with E-state index in [0.29, 0.717) is 29.5 Å². The highest BCUT2D eigenvalue weighted by Gasteiger charge is 2.36. The van der Waals surface area contributed by atoms with Gasteiger partial charge in [-0.15, -0.1) is 5.10 Å². The van der Waals surface area contributed by atoms with E-state index in [1.807, 2.05) is 19.1 Å². The van der Waals surface area contributed by atoms with E-state index in [-0.39, 0.29) is 5.65 Å². The molecule has 3 heterocycles. The zero-order valence-corrected chi connectivity index (χ0v) is 19.9. The maximum atomic E-state index is 13.1. The quantitative estimate of drug-likeness (QED) is 0.249. The van der Waals surface area contributed by atoms with E-state index in [1.54, 1.807) is 10.9 Å². The molecule has 0 amide bonds. The first kappa shape index (κ1) is 22.7. The van der Waals surface area contributed by atoms with Crippen molar-refractivity contribution >= 4 is 36.2 Å². The predicted molar refractivity (Wildman–Crippen MR) is 121 cm³/mol. The Bertz CT molecular complexity index is 1290. The molecule has 4 rings (SSSR count). The van der Waals surface area contributed by atoms with E-state index >= 15 is 0 Å². The number of alkyl halides is 3. The lowest BCUT2D eigenvalue weighted by molar-refractivity contribution is -0.144. The van der Waals surface area contributed by atoms with Crippen LogP contribution in [0.4, 0.5) is 13.2 Å². The summed E-state index contributed by atoms with van der Waals surface area (Å²) in [5, 5.41) is 9.11. The minimum atomic E-state index is -4.65. The molecule has 0 fully saturated rings. The van der Waals surface area contributed by atoms with Crippen molar-refractivity contribution in [1.29, 1.82) is 0 Å². The Morgan fingerprint density at radius 1 is 1.19 bits per heavy atom. The Kier molecular flexibility index (Phi) is 5.80. The number of pyridine rings is 1. The molecule has 170 valence electrons. The molecule has 1 aromatic carbocycles. The third-order valence-electron chi connectivity index (χ3n) is 5.13. The first-order chi connectivity index (χ1) is 14.9. The summed E-state index contributed by atoms with van der Waals surface area (Å²) in [6, 6.07) is 6.28. The van der Waals surface area contributed by atoms with Gasteiger partial charge in [0.05, 0.1) is 16.7 Å². The Morgan fingerprint density at radius 2 is 1.94 bits per heavy atom. The standard InChI is InChI=1S/C21H23ClF3N5OSi/c1-13-9-14(10-15-11-26-30(18(13)15)12-31-7-8-32(2,3)4)17-16(22)5-6-29-19(17)27-20(28-29)21(23,24)25/h5-6,9-11H,7-8,12H2,1-4H3. The van der Waals surface area contributed by atoms with Crippen LogP contribution in [0.25, 0.3) is 27.7 Å². The van der Waals surface area contributed by atoms with Crippen molar-refractivity contribution in [2.24, 2.45) is 0 Å². The summed E-state index contributed by atoms with van der Waals surface area (Å²) in [4.78, 5) is 3.71. The molecule has 0 saturated heterocycles. The third kappa shape index (κ3) is 4.53. The van der Waals surface area contributed by atoms with Gasteiger partial charge in [-0.25, -0.2) is 14.2 Å². The van der Waals surface area contributed by atoms with Gasteiger partial charge in [-0.1, -0.05) is 31.2 Å². The van der Waals surface area contributed by atoms with Gasteiger partial charge < -0.3 is 4.74 Å². The average Bonchev–Trinajstić information content (AvgIpc) is 3.28. The third-order valence-corrected chi connectivity index (χ3v) is 7.15. The number of aromatic nitrogens is 5. The summed E-state index contributed by atoms with van der Waals surface area (Å²) in [5.74, 6) is -1.21. The lowest BCUT2D eigenvalue weighted by atomic mass is 10.0. The van der Waals surface area contributed by atoms with Crippen LogP contribution in [-0.4, -0.2) is 39.1 Å². The minimum absolute atomic E-state index is 0.0469. The van der Waals surface area contributed by atoms with Crippen molar-refractivity contribution in [3.05, 3.63) is 47.0 Å². The highest BCUT2D eigenvalue weighted by molar-refractivity contribution is 6.76. The van der Waals surface area contributed by atoms with E-state index in [9.17, 15) is 13.2 Å². The van der Waals surface area contributed by atoms with E-state index < -0.39 is 20.1 Å². The Hall–Kier alpha value is -2.43. The minimum Gasteiger partial charge on any atom is -0.360 e. The lowest BCUT2D eigenvalue weighted by Crippen LogP contribution is -2.22. The maximum Gasteiger partial charge on any atom is 0.453 e. The van der Waals surface area contributed by atoms with Crippen LogP contribution in [0, 0.1) is 6.92 Å². The highest BCUT2D eigenvalue weighted by Crippen LogP contribution is 2.36. The number of rotatable bonds is 6. The largest absolute Gasteiger partial charge is 0.453 e. The molecule has 6 nitrogen and oxygen atoms in total. The van der Waals surface area contributed by atoms with Crippen molar-refractivity contribution in [3.8, 4) is 11.1 Å². The fourth-order valence-corrected chi connectivity index (χ4v) is 4.54. The average molecular weight is 482 g/mol. The number of aryl methyl sites for hydroxylation is 1. The summed E-state index contributed by atoms with van der Waals surface area (Å²) in [6.45, 7) is 9.83. The Balaban J connectivity index is 1.71. The van der Waals surface area contributed by atoms with Gasteiger partial charge in [-0.2, -0.15) is 18.3 Å². The van der Waals surface area contributed by atoms with Crippen molar-refractivity contribution in [3.63, 3.8) is 0 Å². The van der Waals surface area contributed by atoms with Crippen molar-refractivity contribution < 1.29 is 17.9 Å². The van der Waals surface area contributed by atoms with Gasteiger partial charge in [-0.05, 0) is 42.3 Å². The van der Waals surface area contributed by atoms with Crippen molar-refractivity contribution in [1.82, 2.24) is 24.4 Å². The summed E-state index contributed by atoms with van der Waals surface area (Å²) >= 11 is 6.39. The second kappa shape index (κ2) is 8.16. The molecule has 11 heteroatoms. The molecule has 0 atom stereocenters. The van der Waals surface area contributed by atoms with Gasteiger partial charge in [-0.3, -0.25) is 0 Å². The fourth-order valence-electron chi connectivity index (χ4n) is 3.53. The Morgan fingerprint density at radius 3 is 2.62 bits per heavy atom. The molecule has 0 N–H and O–H groups in total. The lowest BCUT2D eigenvalue weighted by Gasteiger charge is -2.15. The molecule has 0 aliphatic carbocycles. The molecule has 0 unspecified atom stereocenters. The molecule has 3 aromatic heterocycles. The van der Waals surface area contributed by atoms with Crippen LogP contribution in [0.15, 0.2) is 30.6 Å². The van der Waals surface area contributed by atoms with Crippen LogP contribution in [0.5, 0.6) is 0 Å². The van der Waals surface area contributed by atoms with Gasteiger partial charge in [0.1, 0.15) is 6.73 Å². The molecule has 32 heavy (non-hydrogen) atoms. The number of halogens is 4. The van der Waals surface area contributed by atoms with Gasteiger partial charge in [0.25, 0.3) is 5.82 Å². The summed E-state index contributed by atoms with van der Waals surface area (Å²) in [5.41, 5.74) is 2.89. The SMILES string of the molecule is Cc1cc(-c2c(Cl)ccn3nc(C(F)(F)F)nc23)cc2cnn(COCC[Si](C)(C)C)c12. The molecule has 0 saturated carbocycles. The van der Waals surface area contributed by atoms with Gasteiger partial charge >= 0.3 is 6.18 Å². The monoisotopic (exact) mass is 481 g/mol. The predicted octanol–water partition coefficient (Wildman–Crippen LogP) is 6.04. The Labute approximate surface area is 189 Å². The van der Waals surface area contributed by atoms with Crippen molar-refractivity contribution in [2.75, 3.05) is 6.61 Å². The number of ether oxygens (including phenoxy) is 1. The number of benzene rings is 1. The molecular weight excluding hydrogens is 459 g/mol. The highest BCUT2D eigenvalue weighted by atomic mass is 35.5. The van der Waals surface area contributed by atoms with Crippen LogP contribution in [0.1, 0.15) is 11.4 Å². The molecule has 0 bridgehead atoms. The molecule has 0 aliphatic rings. The zero-order valence-electron chi connectivity index (χ0n) is 18.2. The van der Waals surface area contributed by atoms with Gasteiger partial charge in [0.2, 0.25) is 0 Å². The van der Waals surface area contributed by atoms with Crippen LogP contribution < -0.4 is 0 Å². The van der Waals surface area contributed by atoms with Gasteiger partial charge in [0, 0.05) is 31.8 Å². The van der Waals surface area contributed by atoms with E-state index in [0.717, 1.165) is 27.0 Å². The van der Waals surface area contributed by atoms with Crippen LogP contribution in [-0.2, 0) is 17.6 Å². The smallest absolute Gasteiger partial charge is 0.360 e. The van der Waals surface area contributed by atoms with Crippen LogP contribution >= 0.6 is 11.6 Å². The molecule has 0 spiro atoms. The fraction of sp³-hybridized carbons (Fsp3) is 0.381. The van der Waals surface area contributed by atoms with E-state index in [1.165, 1.54) is 12.3 Å². The molecular formula is C21H23ClF3N5OSi. The second-order valence-electron chi connectivity index (χ2n) is 8.96. The summed E-state index contributed by atoms with van der Waals surface area (Å²) in [6.07, 6.45) is -1.57. The number of nitrogens with zero attached hydrogens (tertiary/aromatic N) is 5. The molecule has 4 aromatic rings. The van der Waals surface area contributed by atoms with Crippen molar-refractivity contribution in [2.45, 2.75) is 45.5 Å². The molecule has 0 aliphatic heterocycles. The van der Waals surface area contributed by atoms with E-state index in [2.05, 4.69) is 34.8 Å². The first-order valence-electron chi connectivity index (χ1n) is 10.1. The first-order valence-corrected chi connectivity index (χ1v) is 14.2. The van der Waals surface area contributed by atoms with E-state index in [4.69, 9.17) is 16.3 Å². The summed E-state index contributed by atoms with van der Waals surface area (Å²) < 4.78 is 48.1. The second-order valence-corrected chi connectivity index (χ2v) is 15.0. The van der Waals surface area contributed by atoms with Crippen LogP contribution in [0.3, 0.4) is 0 Å². The normalized spacial score (nSPS) is 12.9. The van der Waals surface area contributed by atoms with Gasteiger partial charge in [0.15, 0.2) is 5.65 Å². The number of fused-ring (bicyclic) bond motifs is 2. The zero-order chi connectivity index (χ0) is 23.3. The summed E-state index contributed by atoms with van der Waals surface area (Å²) in [7, 11) is -1.18. The maximum absolute atomic E-state index is 13.1. The van der Waals surface area contributed by atoms with Crippen LogP contribution in [0.2, 0.25) is 30.7 Å². The number of hydrogen-bond donors (Lipinski definition) is 0.